The first-order valence-corrected chi connectivity index (χ1v) is 12.2. The first-order valence-electron chi connectivity index (χ1n) is 11.0. The van der Waals surface area contributed by atoms with Crippen molar-refractivity contribution in [1.29, 1.82) is 0 Å². The van der Waals surface area contributed by atoms with Crippen molar-refractivity contribution in [2.75, 3.05) is 0 Å². The lowest BCUT2D eigenvalue weighted by atomic mass is 10.1. The van der Waals surface area contributed by atoms with Gasteiger partial charge in [0.15, 0.2) is 5.16 Å². The maximum atomic E-state index is 13.2. The van der Waals surface area contributed by atoms with Crippen LogP contribution < -0.4 is 5.32 Å². The van der Waals surface area contributed by atoms with Gasteiger partial charge in [0.05, 0.1) is 28.9 Å². The number of imidazole rings is 1. The summed E-state index contributed by atoms with van der Waals surface area (Å²) >= 11 is 7.49. The van der Waals surface area contributed by atoms with Crippen molar-refractivity contribution in [2.24, 2.45) is 0 Å². The van der Waals surface area contributed by atoms with Gasteiger partial charge < -0.3 is 5.32 Å². The lowest BCUT2D eigenvalue weighted by Gasteiger charge is -2.19. The number of rotatable bonds is 7. The number of hydrogen-bond donors (Lipinski definition) is 1. The fourth-order valence-electron chi connectivity index (χ4n) is 3.67. The number of aryl methyl sites for hydroxylation is 1. The molecule has 4 nitrogen and oxygen atoms in total. The minimum atomic E-state index is -0.397. The van der Waals surface area contributed by atoms with E-state index in [1.807, 2.05) is 62.5 Å². The van der Waals surface area contributed by atoms with Crippen LogP contribution in [0.1, 0.15) is 31.0 Å². The van der Waals surface area contributed by atoms with Gasteiger partial charge in [0.1, 0.15) is 5.82 Å². The van der Waals surface area contributed by atoms with Gasteiger partial charge in [0.25, 0.3) is 0 Å². The first kappa shape index (κ1) is 24.0. The Balaban J connectivity index is 1.61. The summed E-state index contributed by atoms with van der Waals surface area (Å²) in [6.45, 7) is 5.79. The van der Waals surface area contributed by atoms with Gasteiger partial charge >= 0.3 is 0 Å². The fourth-order valence-corrected chi connectivity index (χ4v) is 4.70. The molecule has 0 saturated carbocycles. The summed E-state index contributed by atoms with van der Waals surface area (Å²) in [5, 5.41) is 4.01. The molecule has 0 fully saturated rings. The van der Waals surface area contributed by atoms with Crippen LogP contribution in [0.25, 0.3) is 16.9 Å². The van der Waals surface area contributed by atoms with Crippen molar-refractivity contribution in [3.8, 4) is 16.9 Å². The lowest BCUT2D eigenvalue weighted by molar-refractivity contribution is -0.120. The van der Waals surface area contributed by atoms with Gasteiger partial charge in [-0.15, -0.1) is 0 Å². The molecule has 4 rings (SSSR count). The standard InChI is InChI=1S/C27H25ClFN3OS/c1-17-6-4-5-7-24(17)32-25(21-8-12-22(28)13-9-21)16-30-27(32)34-19(3)26(33)31-18(2)20-10-14-23(29)15-11-20/h4-16,18-19H,1-3H3,(H,31,33)/t18-,19+/m0/s1. The number of aromatic nitrogens is 2. The summed E-state index contributed by atoms with van der Waals surface area (Å²) in [4.78, 5) is 17.6. The molecule has 3 aromatic carbocycles. The lowest BCUT2D eigenvalue weighted by Crippen LogP contribution is -2.33. The predicted octanol–water partition coefficient (Wildman–Crippen LogP) is 7.00. The fraction of sp³-hybridized carbons (Fsp3) is 0.185. The molecule has 7 heteroatoms. The third-order valence-electron chi connectivity index (χ3n) is 5.61. The molecule has 2 atom stereocenters. The van der Waals surface area contributed by atoms with Crippen LogP contribution in [0.15, 0.2) is 84.1 Å². The van der Waals surface area contributed by atoms with Gasteiger partial charge in [-0.3, -0.25) is 9.36 Å². The Morgan fingerprint density at radius 3 is 2.38 bits per heavy atom. The van der Waals surface area contributed by atoms with Crippen LogP contribution in [0.4, 0.5) is 4.39 Å². The van der Waals surface area contributed by atoms with Gasteiger partial charge in [-0.25, -0.2) is 9.37 Å². The van der Waals surface area contributed by atoms with Gasteiger partial charge in [-0.05, 0) is 62.2 Å². The Kier molecular flexibility index (Phi) is 7.39. The minimum Gasteiger partial charge on any atom is -0.349 e. The summed E-state index contributed by atoms with van der Waals surface area (Å²) in [5.41, 5.74) is 4.84. The summed E-state index contributed by atoms with van der Waals surface area (Å²) in [7, 11) is 0. The number of carbonyl (C=O) groups is 1. The molecular weight excluding hydrogens is 469 g/mol. The molecule has 1 N–H and O–H groups in total. The number of halogens is 2. The molecule has 0 radical (unpaired) electrons. The monoisotopic (exact) mass is 493 g/mol. The molecule has 1 aromatic heterocycles. The van der Waals surface area contributed by atoms with Crippen LogP contribution in [0.3, 0.4) is 0 Å². The van der Waals surface area contributed by atoms with Gasteiger partial charge in [-0.1, -0.05) is 65.8 Å². The average Bonchev–Trinajstić information content (AvgIpc) is 3.23. The number of carbonyl (C=O) groups excluding carboxylic acids is 1. The van der Waals surface area contributed by atoms with E-state index in [-0.39, 0.29) is 17.8 Å². The number of amides is 1. The number of benzene rings is 3. The molecular formula is C27H25ClFN3OS. The Labute approximate surface area is 208 Å². The maximum absolute atomic E-state index is 13.2. The first-order chi connectivity index (χ1) is 16.3. The zero-order valence-corrected chi connectivity index (χ0v) is 20.7. The minimum absolute atomic E-state index is 0.116. The second-order valence-corrected chi connectivity index (χ2v) is 9.84. The van der Waals surface area contributed by atoms with E-state index in [4.69, 9.17) is 11.6 Å². The second-order valence-electron chi connectivity index (χ2n) is 8.10. The number of thioether (sulfide) groups is 1. The molecule has 174 valence electrons. The molecule has 0 spiro atoms. The number of hydrogen-bond acceptors (Lipinski definition) is 3. The molecule has 0 unspecified atom stereocenters. The quantitative estimate of drug-likeness (QED) is 0.282. The number of nitrogens with zero attached hydrogens (tertiary/aromatic N) is 2. The topological polar surface area (TPSA) is 46.9 Å². The summed E-state index contributed by atoms with van der Waals surface area (Å²) in [6.07, 6.45) is 1.82. The van der Waals surface area contributed by atoms with Crippen molar-refractivity contribution in [2.45, 2.75) is 37.2 Å². The Morgan fingerprint density at radius 2 is 1.71 bits per heavy atom. The van der Waals surface area contributed by atoms with E-state index in [9.17, 15) is 9.18 Å². The van der Waals surface area contributed by atoms with Crippen LogP contribution in [0.5, 0.6) is 0 Å². The van der Waals surface area contributed by atoms with E-state index >= 15 is 0 Å². The van der Waals surface area contributed by atoms with Crippen LogP contribution in [-0.4, -0.2) is 20.7 Å². The van der Waals surface area contributed by atoms with E-state index in [0.717, 1.165) is 33.2 Å². The van der Waals surface area contributed by atoms with Gasteiger partial charge in [0.2, 0.25) is 5.91 Å². The predicted molar refractivity (Wildman–Crippen MR) is 137 cm³/mol. The highest BCUT2D eigenvalue weighted by Crippen LogP contribution is 2.33. The SMILES string of the molecule is Cc1ccccc1-n1c(-c2ccc(Cl)cc2)cnc1S[C@H](C)C(=O)N[C@@H](C)c1ccc(F)cc1. The van der Waals surface area contributed by atoms with Crippen LogP contribution >= 0.6 is 23.4 Å². The molecule has 1 amide bonds. The smallest absolute Gasteiger partial charge is 0.233 e. The summed E-state index contributed by atoms with van der Waals surface area (Å²) in [6, 6.07) is 21.6. The van der Waals surface area contributed by atoms with Crippen LogP contribution in [0.2, 0.25) is 5.02 Å². The van der Waals surface area contributed by atoms with Crippen LogP contribution in [0, 0.1) is 12.7 Å². The average molecular weight is 494 g/mol. The van der Waals surface area contributed by atoms with E-state index < -0.39 is 5.25 Å². The molecule has 0 saturated heterocycles. The van der Waals surface area contributed by atoms with Crippen LogP contribution in [-0.2, 0) is 4.79 Å². The van der Waals surface area contributed by atoms with Crippen molar-refractivity contribution >= 4 is 29.3 Å². The van der Waals surface area contributed by atoms with E-state index in [0.29, 0.717) is 5.02 Å². The van der Waals surface area contributed by atoms with E-state index in [1.54, 1.807) is 12.1 Å². The maximum Gasteiger partial charge on any atom is 0.233 e. The molecule has 4 aromatic rings. The highest BCUT2D eigenvalue weighted by Gasteiger charge is 2.22. The van der Waals surface area contributed by atoms with Gasteiger partial charge in [0, 0.05) is 10.6 Å². The Morgan fingerprint density at radius 1 is 1.03 bits per heavy atom. The third kappa shape index (κ3) is 5.34. The largest absolute Gasteiger partial charge is 0.349 e. The van der Waals surface area contributed by atoms with Gasteiger partial charge in [-0.2, -0.15) is 0 Å². The summed E-state index contributed by atoms with van der Waals surface area (Å²) in [5.74, 6) is -0.417. The molecule has 1 heterocycles. The van der Waals surface area contributed by atoms with E-state index in [1.165, 1.54) is 23.9 Å². The van der Waals surface area contributed by atoms with Crippen molar-refractivity contribution in [3.63, 3.8) is 0 Å². The molecule has 0 aliphatic carbocycles. The highest BCUT2D eigenvalue weighted by molar-refractivity contribution is 8.00. The highest BCUT2D eigenvalue weighted by atomic mass is 35.5. The van der Waals surface area contributed by atoms with Crippen molar-refractivity contribution < 1.29 is 9.18 Å². The van der Waals surface area contributed by atoms with E-state index in [2.05, 4.69) is 27.9 Å². The summed E-state index contributed by atoms with van der Waals surface area (Å²) < 4.78 is 15.3. The Bertz CT molecular complexity index is 1290. The Hall–Kier alpha value is -3.09. The normalized spacial score (nSPS) is 12.9. The zero-order valence-electron chi connectivity index (χ0n) is 19.1. The molecule has 0 aliphatic rings. The number of nitrogens with one attached hydrogen (secondary N) is 1. The molecule has 34 heavy (non-hydrogen) atoms. The zero-order chi connectivity index (χ0) is 24.2. The van der Waals surface area contributed by atoms with Crippen molar-refractivity contribution in [3.05, 3.63) is 101 Å². The number of para-hydroxylation sites is 1. The second kappa shape index (κ2) is 10.5. The molecule has 0 aliphatic heterocycles. The van der Waals surface area contributed by atoms with Crippen molar-refractivity contribution in [1.82, 2.24) is 14.9 Å². The third-order valence-corrected chi connectivity index (χ3v) is 6.92. The molecule has 0 bridgehead atoms.